The molecule has 0 saturated carbocycles. The molecule has 2 nitrogen and oxygen atoms in total. The number of hydrogen-bond donors (Lipinski definition) is 1. The van der Waals surface area contributed by atoms with Crippen molar-refractivity contribution < 1.29 is 4.74 Å². The Hall–Kier alpha value is -1.19. The third kappa shape index (κ3) is 2.49. The van der Waals surface area contributed by atoms with Gasteiger partial charge in [0.25, 0.3) is 0 Å². The summed E-state index contributed by atoms with van der Waals surface area (Å²) in [4.78, 5) is 0. The SMILES string of the molecule is Nc1cc(Br)ccc1Oc1ccccc1Cl. The van der Waals surface area contributed by atoms with Crippen molar-refractivity contribution in [3.63, 3.8) is 0 Å². The van der Waals surface area contributed by atoms with Crippen LogP contribution in [0.2, 0.25) is 5.02 Å². The van der Waals surface area contributed by atoms with E-state index in [0.29, 0.717) is 22.2 Å². The number of nitrogens with two attached hydrogens (primary N) is 1. The summed E-state index contributed by atoms with van der Waals surface area (Å²) in [6, 6.07) is 12.7. The zero-order chi connectivity index (χ0) is 11.5. The third-order valence-corrected chi connectivity index (χ3v) is 2.83. The first-order valence-corrected chi connectivity index (χ1v) is 5.81. The summed E-state index contributed by atoms with van der Waals surface area (Å²) < 4.78 is 6.53. The van der Waals surface area contributed by atoms with E-state index in [0.717, 1.165) is 4.47 Å². The predicted octanol–water partition coefficient (Wildman–Crippen LogP) is 4.48. The molecular formula is C12H9BrClNO. The molecule has 2 aromatic carbocycles. The Bertz CT molecular complexity index is 516. The maximum absolute atomic E-state index is 5.98. The van der Waals surface area contributed by atoms with Crippen LogP contribution in [0.3, 0.4) is 0 Å². The van der Waals surface area contributed by atoms with Gasteiger partial charge in [-0.1, -0.05) is 39.7 Å². The molecule has 0 aliphatic heterocycles. The standard InChI is InChI=1S/C12H9BrClNO/c13-8-5-6-12(10(15)7-8)16-11-4-2-1-3-9(11)14/h1-7H,15H2. The van der Waals surface area contributed by atoms with Crippen molar-refractivity contribution in [1.29, 1.82) is 0 Å². The lowest BCUT2D eigenvalue weighted by Crippen LogP contribution is -1.92. The second-order valence-electron chi connectivity index (χ2n) is 3.21. The van der Waals surface area contributed by atoms with E-state index in [1.807, 2.05) is 18.2 Å². The second kappa shape index (κ2) is 4.76. The largest absolute Gasteiger partial charge is 0.454 e. The molecule has 0 saturated heterocycles. The number of benzene rings is 2. The van der Waals surface area contributed by atoms with Crippen LogP contribution in [0.5, 0.6) is 11.5 Å². The van der Waals surface area contributed by atoms with Gasteiger partial charge in [-0.25, -0.2) is 0 Å². The van der Waals surface area contributed by atoms with E-state index in [4.69, 9.17) is 22.1 Å². The van der Waals surface area contributed by atoms with Crippen LogP contribution in [0.15, 0.2) is 46.9 Å². The highest BCUT2D eigenvalue weighted by molar-refractivity contribution is 9.10. The van der Waals surface area contributed by atoms with E-state index in [-0.39, 0.29) is 0 Å². The molecular weight excluding hydrogens is 289 g/mol. The fourth-order valence-corrected chi connectivity index (χ4v) is 1.81. The van der Waals surface area contributed by atoms with Gasteiger partial charge in [-0.05, 0) is 30.3 Å². The van der Waals surface area contributed by atoms with E-state index in [1.165, 1.54) is 0 Å². The summed E-state index contributed by atoms with van der Waals surface area (Å²) in [5.41, 5.74) is 6.39. The van der Waals surface area contributed by atoms with Crippen molar-refractivity contribution in [2.75, 3.05) is 5.73 Å². The summed E-state index contributed by atoms with van der Waals surface area (Å²) in [6.45, 7) is 0. The monoisotopic (exact) mass is 297 g/mol. The zero-order valence-electron chi connectivity index (χ0n) is 8.28. The maximum Gasteiger partial charge on any atom is 0.150 e. The number of nitrogen functional groups attached to an aromatic ring is 1. The van der Waals surface area contributed by atoms with E-state index < -0.39 is 0 Å². The number of anilines is 1. The summed E-state index contributed by atoms with van der Waals surface area (Å²) >= 11 is 9.32. The Labute approximate surface area is 107 Å². The van der Waals surface area contributed by atoms with E-state index >= 15 is 0 Å². The lowest BCUT2D eigenvalue weighted by molar-refractivity contribution is 0.485. The average Bonchev–Trinajstić information content (AvgIpc) is 2.25. The van der Waals surface area contributed by atoms with Crippen LogP contribution in [0.1, 0.15) is 0 Å². The van der Waals surface area contributed by atoms with Gasteiger partial charge >= 0.3 is 0 Å². The Morgan fingerprint density at radius 1 is 1.06 bits per heavy atom. The minimum atomic E-state index is 0.560. The third-order valence-electron chi connectivity index (χ3n) is 2.03. The molecule has 0 aromatic heterocycles. The lowest BCUT2D eigenvalue weighted by Gasteiger charge is -2.09. The first-order chi connectivity index (χ1) is 7.66. The minimum absolute atomic E-state index is 0.560. The molecule has 0 radical (unpaired) electrons. The summed E-state index contributed by atoms with van der Waals surface area (Å²) in [5.74, 6) is 1.19. The van der Waals surface area contributed by atoms with Crippen molar-refractivity contribution in [3.05, 3.63) is 52.0 Å². The van der Waals surface area contributed by atoms with Crippen LogP contribution in [-0.2, 0) is 0 Å². The average molecular weight is 299 g/mol. The van der Waals surface area contributed by atoms with Crippen molar-refractivity contribution in [2.45, 2.75) is 0 Å². The number of para-hydroxylation sites is 1. The molecule has 4 heteroatoms. The molecule has 0 aliphatic carbocycles. The van der Waals surface area contributed by atoms with Crippen molar-refractivity contribution in [2.24, 2.45) is 0 Å². The van der Waals surface area contributed by atoms with E-state index in [2.05, 4.69) is 15.9 Å². The molecule has 0 fully saturated rings. The molecule has 2 rings (SSSR count). The quantitative estimate of drug-likeness (QED) is 0.830. The second-order valence-corrected chi connectivity index (χ2v) is 4.54. The van der Waals surface area contributed by atoms with Crippen LogP contribution in [0, 0.1) is 0 Å². The number of ether oxygens (including phenoxy) is 1. The van der Waals surface area contributed by atoms with Gasteiger partial charge in [-0.3, -0.25) is 0 Å². The number of rotatable bonds is 2. The molecule has 0 spiro atoms. The fourth-order valence-electron chi connectivity index (χ4n) is 1.26. The van der Waals surface area contributed by atoms with Gasteiger partial charge in [0.1, 0.15) is 11.5 Å². The van der Waals surface area contributed by atoms with Gasteiger partial charge in [0.05, 0.1) is 10.7 Å². The first-order valence-electron chi connectivity index (χ1n) is 4.64. The van der Waals surface area contributed by atoms with Crippen molar-refractivity contribution in [3.8, 4) is 11.5 Å². The first kappa shape index (κ1) is 11.3. The fraction of sp³-hybridized carbons (Fsp3) is 0. The van der Waals surface area contributed by atoms with E-state index in [1.54, 1.807) is 24.3 Å². The van der Waals surface area contributed by atoms with Crippen molar-refractivity contribution >= 4 is 33.2 Å². The molecule has 0 aliphatic rings. The molecule has 0 amide bonds. The van der Waals surface area contributed by atoms with E-state index in [9.17, 15) is 0 Å². The van der Waals surface area contributed by atoms with Crippen molar-refractivity contribution in [1.82, 2.24) is 0 Å². The summed E-state index contributed by atoms with van der Waals surface area (Å²) in [5, 5.41) is 0.560. The highest BCUT2D eigenvalue weighted by Crippen LogP contribution is 2.33. The lowest BCUT2D eigenvalue weighted by atomic mass is 10.3. The Kier molecular flexibility index (Phi) is 3.36. The van der Waals surface area contributed by atoms with Crippen LogP contribution in [0.25, 0.3) is 0 Å². The highest BCUT2D eigenvalue weighted by atomic mass is 79.9. The summed E-state index contributed by atoms with van der Waals surface area (Å²) in [7, 11) is 0. The molecule has 0 heterocycles. The maximum atomic E-state index is 5.98. The molecule has 0 unspecified atom stereocenters. The molecule has 16 heavy (non-hydrogen) atoms. The highest BCUT2D eigenvalue weighted by Gasteiger charge is 2.05. The normalized spacial score (nSPS) is 10.1. The van der Waals surface area contributed by atoms with Crippen LogP contribution >= 0.6 is 27.5 Å². The molecule has 2 aromatic rings. The van der Waals surface area contributed by atoms with Crippen LogP contribution < -0.4 is 10.5 Å². The van der Waals surface area contributed by atoms with Gasteiger partial charge < -0.3 is 10.5 Å². The van der Waals surface area contributed by atoms with Crippen LogP contribution in [-0.4, -0.2) is 0 Å². The Morgan fingerprint density at radius 2 is 1.81 bits per heavy atom. The van der Waals surface area contributed by atoms with Gasteiger partial charge in [-0.2, -0.15) is 0 Å². The predicted molar refractivity (Wildman–Crippen MR) is 70.1 cm³/mol. The van der Waals surface area contributed by atoms with Gasteiger partial charge in [0.15, 0.2) is 0 Å². The van der Waals surface area contributed by atoms with Gasteiger partial charge in [0.2, 0.25) is 0 Å². The molecule has 82 valence electrons. The topological polar surface area (TPSA) is 35.2 Å². The van der Waals surface area contributed by atoms with Gasteiger partial charge in [0, 0.05) is 4.47 Å². The number of halogens is 2. The van der Waals surface area contributed by atoms with Gasteiger partial charge in [-0.15, -0.1) is 0 Å². The molecule has 0 atom stereocenters. The zero-order valence-corrected chi connectivity index (χ0v) is 10.6. The van der Waals surface area contributed by atoms with Crippen LogP contribution in [0.4, 0.5) is 5.69 Å². The molecule has 0 bridgehead atoms. The Morgan fingerprint density at radius 3 is 2.50 bits per heavy atom. The smallest absolute Gasteiger partial charge is 0.150 e. The Balaban J connectivity index is 2.31. The summed E-state index contributed by atoms with van der Waals surface area (Å²) in [6.07, 6.45) is 0. The minimum Gasteiger partial charge on any atom is -0.454 e. The molecule has 2 N–H and O–H groups in total. The number of hydrogen-bond acceptors (Lipinski definition) is 2.